The Morgan fingerprint density at radius 1 is 1.60 bits per heavy atom. The maximum atomic E-state index is 4.31. The SMILES string of the molecule is CCCC1CC1NCCc1nccn1C. The molecule has 1 N–H and O–H groups in total. The fraction of sp³-hybridized carbons (Fsp3) is 0.750. The maximum Gasteiger partial charge on any atom is 0.109 e. The van der Waals surface area contributed by atoms with Crippen LogP contribution in [0.3, 0.4) is 0 Å². The predicted molar refractivity (Wildman–Crippen MR) is 61.7 cm³/mol. The van der Waals surface area contributed by atoms with Crippen molar-refractivity contribution in [3.63, 3.8) is 0 Å². The van der Waals surface area contributed by atoms with E-state index in [4.69, 9.17) is 0 Å². The minimum Gasteiger partial charge on any atom is -0.338 e. The Balaban J connectivity index is 1.62. The van der Waals surface area contributed by atoms with Gasteiger partial charge in [-0.05, 0) is 18.8 Å². The van der Waals surface area contributed by atoms with Gasteiger partial charge >= 0.3 is 0 Å². The molecule has 1 heterocycles. The lowest BCUT2D eigenvalue weighted by molar-refractivity contribution is 0.590. The molecule has 15 heavy (non-hydrogen) atoms. The average Bonchev–Trinajstić information content (AvgIpc) is 2.82. The number of nitrogens with zero attached hydrogens (tertiary/aromatic N) is 2. The second kappa shape index (κ2) is 4.79. The minimum absolute atomic E-state index is 0.796. The molecule has 1 saturated carbocycles. The Bertz CT molecular complexity index is 306. The molecule has 1 aliphatic carbocycles. The molecule has 2 rings (SSSR count). The van der Waals surface area contributed by atoms with Crippen molar-refractivity contribution >= 4 is 0 Å². The fourth-order valence-corrected chi connectivity index (χ4v) is 2.19. The summed E-state index contributed by atoms with van der Waals surface area (Å²) in [4.78, 5) is 4.31. The van der Waals surface area contributed by atoms with Crippen molar-refractivity contribution in [1.29, 1.82) is 0 Å². The van der Waals surface area contributed by atoms with Gasteiger partial charge in [0, 0.05) is 38.4 Å². The molecule has 3 heteroatoms. The molecule has 0 amide bonds. The summed E-state index contributed by atoms with van der Waals surface area (Å²) in [5, 5.41) is 3.60. The fourth-order valence-electron chi connectivity index (χ4n) is 2.19. The van der Waals surface area contributed by atoms with E-state index < -0.39 is 0 Å². The van der Waals surface area contributed by atoms with Crippen LogP contribution in [0.15, 0.2) is 12.4 Å². The second-order valence-electron chi connectivity index (χ2n) is 4.55. The molecule has 0 aliphatic heterocycles. The van der Waals surface area contributed by atoms with Gasteiger partial charge in [0.2, 0.25) is 0 Å². The molecule has 2 unspecified atom stereocenters. The molecule has 84 valence electrons. The van der Waals surface area contributed by atoms with E-state index in [9.17, 15) is 0 Å². The number of imidazole rings is 1. The van der Waals surface area contributed by atoms with Crippen LogP contribution in [0.1, 0.15) is 32.0 Å². The van der Waals surface area contributed by atoms with Crippen molar-refractivity contribution in [2.24, 2.45) is 13.0 Å². The van der Waals surface area contributed by atoms with Gasteiger partial charge in [0.1, 0.15) is 5.82 Å². The minimum atomic E-state index is 0.796. The second-order valence-corrected chi connectivity index (χ2v) is 4.55. The van der Waals surface area contributed by atoms with Crippen LogP contribution in [0.5, 0.6) is 0 Å². The van der Waals surface area contributed by atoms with Crippen LogP contribution in [0.25, 0.3) is 0 Å². The Labute approximate surface area is 91.9 Å². The molecular weight excluding hydrogens is 186 g/mol. The first-order chi connectivity index (χ1) is 7.31. The molecule has 0 spiro atoms. The van der Waals surface area contributed by atoms with E-state index >= 15 is 0 Å². The van der Waals surface area contributed by atoms with Gasteiger partial charge in [-0.15, -0.1) is 0 Å². The summed E-state index contributed by atoms with van der Waals surface area (Å²) in [6.07, 6.45) is 9.01. The standard InChI is InChI=1S/C12H21N3/c1-3-4-10-9-11(10)13-6-5-12-14-7-8-15(12)2/h7-8,10-11,13H,3-6,9H2,1-2H3. The highest BCUT2D eigenvalue weighted by atomic mass is 15.0. The Morgan fingerprint density at radius 2 is 2.47 bits per heavy atom. The third kappa shape index (κ3) is 2.81. The summed E-state index contributed by atoms with van der Waals surface area (Å²) in [6, 6.07) is 0.796. The summed E-state index contributed by atoms with van der Waals surface area (Å²) in [5.74, 6) is 2.13. The Hall–Kier alpha value is -0.830. The molecule has 1 aromatic rings. The first-order valence-electron chi connectivity index (χ1n) is 6.01. The zero-order valence-electron chi connectivity index (χ0n) is 9.74. The zero-order valence-corrected chi connectivity index (χ0v) is 9.74. The van der Waals surface area contributed by atoms with E-state index in [1.54, 1.807) is 0 Å². The van der Waals surface area contributed by atoms with Gasteiger partial charge < -0.3 is 9.88 Å². The van der Waals surface area contributed by atoms with Gasteiger partial charge in [0.05, 0.1) is 0 Å². The summed E-state index contributed by atoms with van der Waals surface area (Å²) in [7, 11) is 2.05. The van der Waals surface area contributed by atoms with Crippen molar-refractivity contribution in [3.05, 3.63) is 18.2 Å². The third-order valence-electron chi connectivity index (χ3n) is 3.26. The van der Waals surface area contributed by atoms with Crippen LogP contribution in [-0.2, 0) is 13.5 Å². The van der Waals surface area contributed by atoms with Gasteiger partial charge in [-0.25, -0.2) is 4.98 Å². The quantitative estimate of drug-likeness (QED) is 0.770. The molecule has 2 atom stereocenters. The number of aromatic nitrogens is 2. The van der Waals surface area contributed by atoms with E-state index in [0.717, 1.165) is 24.9 Å². The molecule has 3 nitrogen and oxygen atoms in total. The molecular formula is C12H21N3. The van der Waals surface area contributed by atoms with Gasteiger partial charge in [0.15, 0.2) is 0 Å². The summed E-state index contributed by atoms with van der Waals surface area (Å²) < 4.78 is 2.10. The normalized spacial score (nSPS) is 24.4. The number of hydrogen-bond acceptors (Lipinski definition) is 2. The van der Waals surface area contributed by atoms with Crippen molar-refractivity contribution in [2.45, 2.75) is 38.6 Å². The molecule has 1 aliphatic rings. The number of rotatable bonds is 6. The Morgan fingerprint density at radius 3 is 3.13 bits per heavy atom. The highest BCUT2D eigenvalue weighted by Crippen LogP contribution is 2.34. The lowest BCUT2D eigenvalue weighted by Gasteiger charge is -2.04. The highest BCUT2D eigenvalue weighted by Gasteiger charge is 2.34. The summed E-state index contributed by atoms with van der Waals surface area (Å²) in [5.41, 5.74) is 0. The van der Waals surface area contributed by atoms with Crippen LogP contribution in [0.4, 0.5) is 0 Å². The molecule has 0 radical (unpaired) electrons. The van der Waals surface area contributed by atoms with Crippen molar-refractivity contribution in [2.75, 3.05) is 6.54 Å². The highest BCUT2D eigenvalue weighted by molar-refractivity contribution is 4.95. The van der Waals surface area contributed by atoms with Crippen molar-refractivity contribution in [3.8, 4) is 0 Å². The summed E-state index contributed by atoms with van der Waals surface area (Å²) in [6.45, 7) is 3.33. The van der Waals surface area contributed by atoms with Crippen molar-refractivity contribution in [1.82, 2.24) is 14.9 Å². The van der Waals surface area contributed by atoms with Gasteiger partial charge in [0.25, 0.3) is 0 Å². The number of hydrogen-bond donors (Lipinski definition) is 1. The van der Waals surface area contributed by atoms with E-state index in [-0.39, 0.29) is 0 Å². The van der Waals surface area contributed by atoms with E-state index in [1.165, 1.54) is 25.1 Å². The largest absolute Gasteiger partial charge is 0.338 e. The lowest BCUT2D eigenvalue weighted by atomic mass is 10.2. The van der Waals surface area contributed by atoms with Crippen LogP contribution >= 0.6 is 0 Å². The average molecular weight is 207 g/mol. The van der Waals surface area contributed by atoms with Crippen LogP contribution < -0.4 is 5.32 Å². The number of aryl methyl sites for hydroxylation is 1. The monoisotopic (exact) mass is 207 g/mol. The maximum absolute atomic E-state index is 4.31. The lowest BCUT2D eigenvalue weighted by Crippen LogP contribution is -2.22. The molecule has 0 bridgehead atoms. The van der Waals surface area contributed by atoms with Crippen LogP contribution in [0, 0.1) is 5.92 Å². The topological polar surface area (TPSA) is 29.9 Å². The van der Waals surface area contributed by atoms with E-state index in [0.29, 0.717) is 0 Å². The van der Waals surface area contributed by atoms with Crippen LogP contribution in [-0.4, -0.2) is 22.1 Å². The number of nitrogens with one attached hydrogen (secondary N) is 1. The first-order valence-corrected chi connectivity index (χ1v) is 6.01. The van der Waals surface area contributed by atoms with Gasteiger partial charge in [-0.3, -0.25) is 0 Å². The molecule has 0 aromatic carbocycles. The Kier molecular flexibility index (Phi) is 3.41. The van der Waals surface area contributed by atoms with Crippen LogP contribution in [0.2, 0.25) is 0 Å². The first kappa shape index (κ1) is 10.7. The van der Waals surface area contributed by atoms with E-state index in [2.05, 4.69) is 28.8 Å². The summed E-state index contributed by atoms with van der Waals surface area (Å²) >= 11 is 0. The zero-order chi connectivity index (χ0) is 10.7. The smallest absolute Gasteiger partial charge is 0.109 e. The molecule has 1 fully saturated rings. The van der Waals surface area contributed by atoms with E-state index in [1.807, 2.05) is 12.4 Å². The van der Waals surface area contributed by atoms with Gasteiger partial charge in [-0.2, -0.15) is 0 Å². The van der Waals surface area contributed by atoms with Gasteiger partial charge in [-0.1, -0.05) is 13.3 Å². The molecule has 0 saturated heterocycles. The van der Waals surface area contributed by atoms with Crippen molar-refractivity contribution < 1.29 is 0 Å². The third-order valence-corrected chi connectivity index (χ3v) is 3.26. The predicted octanol–water partition coefficient (Wildman–Crippen LogP) is 1.74. The molecule has 1 aromatic heterocycles.